The molecule has 0 spiro atoms. The van der Waals surface area contributed by atoms with Crippen molar-refractivity contribution in [2.24, 2.45) is 0 Å². The number of fused-ring (bicyclic) bond motifs is 1. The molecule has 144 valence electrons. The third-order valence-electron chi connectivity index (χ3n) is 4.42. The standard InChI is InChI=1S/C19H18FN5O2S/c1-11-22-23-19-25(11)24-16(12-6-8-13(20)9-7-12)17(28-19)18(26)21-14-4-3-5-15(10-14)27-2/h3-10,16-17,24H,1-2H3,(H,21,26). The molecule has 1 aromatic heterocycles. The van der Waals surface area contributed by atoms with Crippen LogP contribution in [0.1, 0.15) is 17.4 Å². The maximum absolute atomic E-state index is 13.4. The summed E-state index contributed by atoms with van der Waals surface area (Å²) in [5.41, 5.74) is 4.70. The number of hydrogen-bond acceptors (Lipinski definition) is 6. The quantitative estimate of drug-likeness (QED) is 0.702. The van der Waals surface area contributed by atoms with Crippen LogP contribution < -0.4 is 15.5 Å². The van der Waals surface area contributed by atoms with Crippen molar-refractivity contribution < 1.29 is 13.9 Å². The molecule has 0 saturated heterocycles. The SMILES string of the molecule is COc1cccc(NC(=O)C2Sc3nnc(C)n3NC2c2ccc(F)cc2)c1. The minimum Gasteiger partial charge on any atom is -0.497 e. The molecule has 2 aromatic carbocycles. The first-order chi connectivity index (χ1) is 13.5. The van der Waals surface area contributed by atoms with E-state index in [4.69, 9.17) is 4.74 Å². The number of ether oxygens (including phenoxy) is 1. The Morgan fingerprint density at radius 2 is 2.04 bits per heavy atom. The van der Waals surface area contributed by atoms with Crippen molar-refractivity contribution in [1.29, 1.82) is 0 Å². The number of amides is 1. The summed E-state index contributed by atoms with van der Waals surface area (Å²) in [5.74, 6) is 0.802. The summed E-state index contributed by atoms with van der Waals surface area (Å²) in [5, 5.41) is 11.2. The smallest absolute Gasteiger partial charge is 0.240 e. The van der Waals surface area contributed by atoms with Crippen LogP contribution in [-0.4, -0.2) is 33.1 Å². The van der Waals surface area contributed by atoms with E-state index in [2.05, 4.69) is 20.9 Å². The predicted octanol–water partition coefficient (Wildman–Crippen LogP) is 3.13. The van der Waals surface area contributed by atoms with Gasteiger partial charge >= 0.3 is 0 Å². The van der Waals surface area contributed by atoms with Crippen molar-refractivity contribution in [3.05, 3.63) is 65.7 Å². The monoisotopic (exact) mass is 399 g/mol. The van der Waals surface area contributed by atoms with Gasteiger partial charge in [0.15, 0.2) is 0 Å². The number of aryl methyl sites for hydroxylation is 1. The van der Waals surface area contributed by atoms with Gasteiger partial charge in [-0.05, 0) is 36.8 Å². The van der Waals surface area contributed by atoms with E-state index in [1.165, 1.54) is 23.9 Å². The summed E-state index contributed by atoms with van der Waals surface area (Å²) >= 11 is 1.31. The number of halogens is 1. The van der Waals surface area contributed by atoms with E-state index in [1.54, 1.807) is 48.2 Å². The number of carbonyl (C=O) groups excluding carboxylic acids is 1. The topological polar surface area (TPSA) is 81.1 Å². The van der Waals surface area contributed by atoms with Crippen molar-refractivity contribution in [3.8, 4) is 5.75 Å². The molecule has 0 fully saturated rings. The molecule has 2 unspecified atom stereocenters. The number of aromatic nitrogens is 3. The van der Waals surface area contributed by atoms with Gasteiger partial charge in [-0.3, -0.25) is 4.79 Å². The zero-order valence-corrected chi connectivity index (χ0v) is 16.0. The number of carbonyl (C=O) groups is 1. The fourth-order valence-electron chi connectivity index (χ4n) is 2.99. The first kappa shape index (κ1) is 18.3. The van der Waals surface area contributed by atoms with Gasteiger partial charge in [-0.25, -0.2) is 9.07 Å². The Kier molecular flexibility index (Phi) is 4.91. The number of anilines is 1. The third kappa shape index (κ3) is 3.53. The van der Waals surface area contributed by atoms with Gasteiger partial charge < -0.3 is 15.5 Å². The Balaban J connectivity index is 1.65. The highest BCUT2D eigenvalue weighted by atomic mass is 32.2. The van der Waals surface area contributed by atoms with Gasteiger partial charge in [-0.15, -0.1) is 10.2 Å². The first-order valence-corrected chi connectivity index (χ1v) is 9.49. The lowest BCUT2D eigenvalue weighted by molar-refractivity contribution is -0.116. The van der Waals surface area contributed by atoms with Gasteiger partial charge in [0, 0.05) is 11.8 Å². The minimum atomic E-state index is -0.534. The number of nitrogens with one attached hydrogen (secondary N) is 2. The van der Waals surface area contributed by atoms with Crippen molar-refractivity contribution in [3.63, 3.8) is 0 Å². The van der Waals surface area contributed by atoms with Gasteiger partial charge in [-0.2, -0.15) is 0 Å². The molecule has 2 atom stereocenters. The lowest BCUT2D eigenvalue weighted by atomic mass is 10.0. The van der Waals surface area contributed by atoms with E-state index in [-0.39, 0.29) is 11.7 Å². The number of benzene rings is 2. The highest BCUT2D eigenvalue weighted by molar-refractivity contribution is 8.00. The van der Waals surface area contributed by atoms with Crippen LogP contribution in [0, 0.1) is 12.7 Å². The number of rotatable bonds is 4. The maximum atomic E-state index is 13.4. The second-order valence-electron chi connectivity index (χ2n) is 6.28. The summed E-state index contributed by atoms with van der Waals surface area (Å²) in [7, 11) is 1.57. The minimum absolute atomic E-state index is 0.202. The number of thioether (sulfide) groups is 1. The molecule has 7 nitrogen and oxygen atoms in total. The van der Waals surface area contributed by atoms with E-state index >= 15 is 0 Å². The Bertz CT molecular complexity index is 1010. The lowest BCUT2D eigenvalue weighted by Crippen LogP contribution is -2.41. The van der Waals surface area contributed by atoms with Crippen molar-refractivity contribution >= 4 is 23.4 Å². The average Bonchev–Trinajstić information content (AvgIpc) is 3.08. The van der Waals surface area contributed by atoms with E-state index in [9.17, 15) is 9.18 Å². The molecular weight excluding hydrogens is 381 g/mol. The summed E-state index contributed by atoms with van der Waals surface area (Å²) in [4.78, 5) is 13.1. The van der Waals surface area contributed by atoms with Gasteiger partial charge in [0.2, 0.25) is 11.1 Å². The van der Waals surface area contributed by atoms with Crippen LogP contribution in [0.4, 0.5) is 10.1 Å². The fraction of sp³-hybridized carbons (Fsp3) is 0.211. The average molecular weight is 399 g/mol. The van der Waals surface area contributed by atoms with E-state index in [0.29, 0.717) is 22.4 Å². The molecule has 0 bridgehead atoms. The highest BCUT2D eigenvalue weighted by Crippen LogP contribution is 2.37. The zero-order valence-electron chi connectivity index (χ0n) is 15.2. The third-order valence-corrected chi connectivity index (χ3v) is 5.64. The van der Waals surface area contributed by atoms with Crippen LogP contribution in [-0.2, 0) is 4.79 Å². The molecular formula is C19H18FN5O2S. The van der Waals surface area contributed by atoms with Crippen LogP contribution >= 0.6 is 11.8 Å². The molecule has 2 heterocycles. The van der Waals surface area contributed by atoms with Crippen LogP contribution in [0.2, 0.25) is 0 Å². The van der Waals surface area contributed by atoms with Crippen LogP contribution in [0.3, 0.4) is 0 Å². The number of hydrogen-bond donors (Lipinski definition) is 2. The van der Waals surface area contributed by atoms with Gasteiger partial charge in [0.25, 0.3) is 0 Å². The van der Waals surface area contributed by atoms with Crippen LogP contribution in [0.5, 0.6) is 5.75 Å². The molecule has 1 aliphatic rings. The van der Waals surface area contributed by atoms with Gasteiger partial charge in [0.05, 0.1) is 13.2 Å². The molecule has 3 aromatic rings. The molecule has 2 N–H and O–H groups in total. The van der Waals surface area contributed by atoms with E-state index in [1.807, 2.05) is 6.92 Å². The molecule has 4 rings (SSSR count). The summed E-state index contributed by atoms with van der Waals surface area (Å²) in [6.45, 7) is 1.82. The summed E-state index contributed by atoms with van der Waals surface area (Å²) < 4.78 is 20.3. The van der Waals surface area contributed by atoms with E-state index in [0.717, 1.165) is 5.56 Å². The Hall–Kier alpha value is -3.07. The Morgan fingerprint density at radius 1 is 1.25 bits per heavy atom. The lowest BCUT2D eigenvalue weighted by Gasteiger charge is -2.32. The molecule has 1 aliphatic heterocycles. The number of nitrogens with zero attached hydrogens (tertiary/aromatic N) is 3. The Morgan fingerprint density at radius 3 is 2.79 bits per heavy atom. The maximum Gasteiger partial charge on any atom is 0.240 e. The second-order valence-corrected chi connectivity index (χ2v) is 7.39. The fourth-order valence-corrected chi connectivity index (χ4v) is 4.12. The molecule has 28 heavy (non-hydrogen) atoms. The molecule has 0 aliphatic carbocycles. The second kappa shape index (κ2) is 7.51. The molecule has 0 radical (unpaired) electrons. The Labute approximate surface area is 165 Å². The van der Waals surface area contributed by atoms with Gasteiger partial charge in [-0.1, -0.05) is 30.0 Å². The van der Waals surface area contributed by atoms with Crippen LogP contribution in [0.15, 0.2) is 53.7 Å². The van der Waals surface area contributed by atoms with Gasteiger partial charge in [0.1, 0.15) is 22.6 Å². The normalized spacial score (nSPS) is 18.1. The first-order valence-electron chi connectivity index (χ1n) is 8.61. The highest BCUT2D eigenvalue weighted by Gasteiger charge is 2.37. The zero-order chi connectivity index (χ0) is 19.7. The molecule has 0 saturated carbocycles. The van der Waals surface area contributed by atoms with E-state index < -0.39 is 11.3 Å². The number of methoxy groups -OCH3 is 1. The van der Waals surface area contributed by atoms with Crippen molar-refractivity contribution in [2.45, 2.75) is 23.4 Å². The largest absolute Gasteiger partial charge is 0.497 e. The van der Waals surface area contributed by atoms with Crippen molar-refractivity contribution in [2.75, 3.05) is 17.9 Å². The summed E-state index contributed by atoms with van der Waals surface area (Å²) in [6, 6.07) is 12.9. The summed E-state index contributed by atoms with van der Waals surface area (Å²) in [6.07, 6.45) is 0. The van der Waals surface area contributed by atoms with Crippen molar-refractivity contribution in [1.82, 2.24) is 14.9 Å². The molecule has 1 amide bonds. The van der Waals surface area contributed by atoms with Crippen LogP contribution in [0.25, 0.3) is 0 Å². The predicted molar refractivity (Wildman–Crippen MR) is 105 cm³/mol. The molecule has 9 heteroatoms.